The molecule has 8 heteroatoms. The van der Waals surface area contributed by atoms with Gasteiger partial charge in [-0.05, 0) is 33.2 Å². The summed E-state index contributed by atoms with van der Waals surface area (Å²) in [5.74, 6) is 8.52. The predicted molar refractivity (Wildman–Crippen MR) is 287 cm³/mol. The number of benzene rings is 7. The van der Waals surface area contributed by atoms with Crippen LogP contribution in [-0.2, 0) is 6.54 Å². The normalized spacial score (nSPS) is 16.1. The van der Waals surface area contributed by atoms with Crippen molar-refractivity contribution in [2.45, 2.75) is 128 Å². The number of non-ortho nitro benzene ring substituents is 1. The molecule has 66 heavy (non-hydrogen) atoms. The molecule has 0 saturated heterocycles. The van der Waals surface area contributed by atoms with Crippen molar-refractivity contribution in [2.75, 3.05) is 4.90 Å². The zero-order valence-corrected chi connectivity index (χ0v) is 44.3. The van der Waals surface area contributed by atoms with Crippen LogP contribution < -0.4 is 14.1 Å². The molecule has 0 radical (unpaired) electrons. The quantitative estimate of drug-likeness (QED) is 0.0475. The first-order chi connectivity index (χ1) is 31.4. The van der Waals surface area contributed by atoms with E-state index in [4.69, 9.17) is 4.74 Å². The van der Waals surface area contributed by atoms with Gasteiger partial charge < -0.3 is 0 Å². The van der Waals surface area contributed by atoms with Gasteiger partial charge in [0.1, 0.15) is 16.1 Å². The average molecular weight is 970 g/mol. The number of anilines is 1. The monoisotopic (exact) mass is 970 g/mol. The molecule has 1 unspecified atom stereocenters. The molecule has 7 aromatic rings. The number of rotatable bonds is 9. The standard InChI is InChI=1S/C58H62N2O3SeSi2/c1-36(2)65(37(3)4,38(5)6)29-26-43-33-44(27-30-66(39(7)8,40(9)10)41(11)12)49-24-22-46-32-42(31-45-21-23-48(43)56(49)55(45)46)35-59-52-19-15-16-20-54(52)64-58(59)28-25-47-34-53(60(61)62)50-17-13-14-18-51(50)57(47)63-58/h13-25,28,31-34,36-41H,35H2,1-12H3. The summed E-state index contributed by atoms with van der Waals surface area (Å²) < 4.78 is 7.73. The topological polar surface area (TPSA) is 55.6 Å². The second-order valence-corrected chi connectivity index (χ2v) is 34.4. The van der Waals surface area contributed by atoms with Crippen molar-refractivity contribution in [3.8, 4) is 28.7 Å². The molecule has 0 saturated carbocycles. The van der Waals surface area contributed by atoms with Gasteiger partial charge in [0.05, 0.1) is 0 Å². The first kappa shape index (κ1) is 45.8. The Balaban J connectivity index is 1.22. The molecule has 1 atom stereocenters. The number of hydrogen-bond acceptors (Lipinski definition) is 4. The van der Waals surface area contributed by atoms with Crippen LogP contribution in [0, 0.1) is 33.0 Å². The minimum Gasteiger partial charge on any atom is -0.0643 e. The zero-order valence-electron chi connectivity index (χ0n) is 40.6. The van der Waals surface area contributed by atoms with Crippen LogP contribution in [0.25, 0.3) is 49.2 Å². The second kappa shape index (κ2) is 17.1. The van der Waals surface area contributed by atoms with E-state index < -0.39 is 20.8 Å². The summed E-state index contributed by atoms with van der Waals surface area (Å²) in [5.41, 5.74) is 16.7. The number of para-hydroxylation sites is 1. The van der Waals surface area contributed by atoms with E-state index in [0.717, 1.165) is 27.8 Å². The van der Waals surface area contributed by atoms with Gasteiger partial charge in [-0.15, -0.1) is 0 Å². The van der Waals surface area contributed by atoms with E-state index in [1.807, 2.05) is 30.3 Å². The maximum absolute atomic E-state index is 12.2. The zero-order chi connectivity index (χ0) is 47.0. The molecule has 0 bridgehead atoms. The molecular weight excluding hydrogens is 908 g/mol. The van der Waals surface area contributed by atoms with Crippen molar-refractivity contribution in [2.24, 2.45) is 0 Å². The Morgan fingerprint density at radius 1 is 0.636 bits per heavy atom. The number of nitrogens with zero attached hydrogens (tertiary/aromatic N) is 2. The molecule has 336 valence electrons. The smallest absolute Gasteiger partial charge is 0.0397 e. The van der Waals surface area contributed by atoms with Crippen molar-refractivity contribution in [1.82, 2.24) is 0 Å². The van der Waals surface area contributed by atoms with Gasteiger partial charge >= 0.3 is 270 Å². The van der Waals surface area contributed by atoms with E-state index in [9.17, 15) is 10.1 Å². The summed E-state index contributed by atoms with van der Waals surface area (Å²) in [6.07, 6.45) is 4.17. The van der Waals surface area contributed by atoms with Gasteiger partial charge in [-0.25, -0.2) is 0 Å². The Labute approximate surface area is 400 Å². The Bertz CT molecular complexity index is 3070. The summed E-state index contributed by atoms with van der Waals surface area (Å²) in [6.45, 7) is 29.3. The van der Waals surface area contributed by atoms with Crippen molar-refractivity contribution in [3.05, 3.63) is 136 Å². The summed E-state index contributed by atoms with van der Waals surface area (Å²) in [7, 11) is -4.06. The summed E-state index contributed by atoms with van der Waals surface area (Å²) in [5, 5.41) is 20.9. The van der Waals surface area contributed by atoms with Crippen LogP contribution in [0.3, 0.4) is 0 Å². The number of ether oxygens (including phenoxy) is 1. The third kappa shape index (κ3) is 7.19. The van der Waals surface area contributed by atoms with Crippen molar-refractivity contribution < 1.29 is 9.66 Å². The van der Waals surface area contributed by atoms with Gasteiger partial charge in [0, 0.05) is 0 Å². The summed E-state index contributed by atoms with van der Waals surface area (Å²) in [6, 6.07) is 34.1. The first-order valence-electron chi connectivity index (χ1n) is 23.9. The van der Waals surface area contributed by atoms with Gasteiger partial charge in [-0.2, -0.15) is 0 Å². The minimum absolute atomic E-state index is 0.0890. The molecule has 9 rings (SSSR count). The number of nitro groups is 1. The Hall–Kier alpha value is -5.35. The van der Waals surface area contributed by atoms with E-state index in [0.29, 0.717) is 50.9 Å². The predicted octanol–water partition coefficient (Wildman–Crippen LogP) is 14.9. The molecule has 0 aromatic heterocycles. The van der Waals surface area contributed by atoms with Crippen LogP contribution in [-0.4, -0.2) is 40.7 Å². The van der Waals surface area contributed by atoms with E-state index in [1.54, 1.807) is 6.07 Å². The van der Waals surface area contributed by atoms with Gasteiger partial charge in [0.15, 0.2) is 0 Å². The summed E-state index contributed by atoms with van der Waals surface area (Å²) >= 11 is -0.117. The third-order valence-corrected chi connectivity index (χ3v) is 30.7. The fraction of sp³-hybridized carbons (Fsp3) is 0.345. The first-order valence-corrected chi connectivity index (χ1v) is 30.1. The van der Waals surface area contributed by atoms with Crippen molar-refractivity contribution >= 4 is 96.1 Å². The Kier molecular flexibility index (Phi) is 11.8. The van der Waals surface area contributed by atoms with Crippen LogP contribution in [0.4, 0.5) is 11.4 Å². The van der Waals surface area contributed by atoms with Crippen molar-refractivity contribution in [1.29, 1.82) is 0 Å². The maximum atomic E-state index is 12.2. The molecule has 1 spiro atoms. The van der Waals surface area contributed by atoms with Crippen LogP contribution in [0.5, 0.6) is 5.75 Å². The SMILES string of the molecule is CC(C)[Si](C#Cc1cc(C#C[Si](C(C)C)(C(C)C)C(C)C)c2ccc3cc(CN4c5ccccc5[Se]C45C=Cc4cc([N+](=O)[O-])c6ccccc6c4O5)cc4ccc1c2c43)(C(C)C)C(C)C. The van der Waals surface area contributed by atoms with Crippen LogP contribution in [0.1, 0.15) is 105 Å². The summed E-state index contributed by atoms with van der Waals surface area (Å²) in [4.78, 5) is 14.3. The molecule has 7 aromatic carbocycles. The molecule has 5 nitrogen and oxygen atoms in total. The van der Waals surface area contributed by atoms with Gasteiger partial charge in [-0.3, -0.25) is 0 Å². The fourth-order valence-corrected chi connectivity index (χ4v) is 25.5. The van der Waals surface area contributed by atoms with E-state index >= 15 is 0 Å². The fourth-order valence-electron chi connectivity index (χ4n) is 12.3. The largest absolute Gasteiger partial charge is 0.0643 e. The Morgan fingerprint density at radius 2 is 1.15 bits per heavy atom. The maximum Gasteiger partial charge on any atom is -0.0397 e. The number of fused-ring (bicyclic) bond motifs is 4. The van der Waals surface area contributed by atoms with Crippen LogP contribution in [0.2, 0.25) is 33.2 Å². The molecule has 0 N–H and O–H groups in total. The van der Waals surface area contributed by atoms with Crippen LogP contribution in [0.15, 0.2) is 103 Å². The minimum atomic E-state index is -2.03. The Morgan fingerprint density at radius 3 is 1.68 bits per heavy atom. The van der Waals surface area contributed by atoms with Crippen LogP contribution >= 0.6 is 0 Å². The third-order valence-electron chi connectivity index (χ3n) is 15.4. The molecule has 0 aliphatic carbocycles. The van der Waals surface area contributed by atoms with E-state index in [-0.39, 0.29) is 25.6 Å². The molecule has 0 fully saturated rings. The van der Waals surface area contributed by atoms with Gasteiger partial charge in [0.25, 0.3) is 0 Å². The van der Waals surface area contributed by atoms with Crippen molar-refractivity contribution in [3.63, 3.8) is 0 Å². The molecule has 0 amide bonds. The molecular formula is C58H62N2O3SeSi2. The van der Waals surface area contributed by atoms with Gasteiger partial charge in [0.2, 0.25) is 0 Å². The molecule has 2 aliphatic rings. The van der Waals surface area contributed by atoms with E-state index in [1.165, 1.54) is 42.3 Å². The average Bonchev–Trinajstić information content (AvgIpc) is 3.56. The number of nitro benzene ring substituents is 1. The molecule has 2 heterocycles. The second-order valence-electron chi connectivity index (χ2n) is 20.6. The molecule has 2 aliphatic heterocycles. The number of hydrogen-bond donors (Lipinski definition) is 0. The van der Waals surface area contributed by atoms with E-state index in [2.05, 4.69) is 184 Å². The van der Waals surface area contributed by atoms with Gasteiger partial charge in [-0.1, -0.05) is 83.1 Å².